The highest BCUT2D eigenvalue weighted by Crippen LogP contribution is 2.21. The van der Waals surface area contributed by atoms with Gasteiger partial charge < -0.3 is 9.73 Å². The maximum absolute atomic E-state index is 13.7. The van der Waals surface area contributed by atoms with Crippen LogP contribution in [0.5, 0.6) is 0 Å². The van der Waals surface area contributed by atoms with Crippen molar-refractivity contribution in [1.29, 1.82) is 0 Å². The van der Waals surface area contributed by atoms with Crippen molar-refractivity contribution in [3.05, 3.63) is 53.2 Å². The third-order valence-electron chi connectivity index (χ3n) is 2.67. The van der Waals surface area contributed by atoms with Gasteiger partial charge in [0.05, 0.1) is 24.4 Å². The first-order valence-corrected chi connectivity index (χ1v) is 7.99. The number of halogens is 2. The van der Waals surface area contributed by atoms with Crippen molar-refractivity contribution in [3.63, 3.8) is 0 Å². The van der Waals surface area contributed by atoms with Gasteiger partial charge in [-0.3, -0.25) is 4.79 Å². The van der Waals surface area contributed by atoms with Gasteiger partial charge in [-0.25, -0.2) is 17.5 Å². The normalized spacial score (nSPS) is 11.4. The van der Waals surface area contributed by atoms with E-state index in [9.17, 15) is 17.6 Å². The quantitative estimate of drug-likeness (QED) is 0.832. The molecule has 0 fully saturated rings. The second kappa shape index (κ2) is 6.91. The average Bonchev–Trinajstić information content (AvgIpc) is 2.99. The number of carbonyl (C=O) groups is 1. The van der Waals surface area contributed by atoms with Crippen LogP contribution in [-0.2, 0) is 21.4 Å². The summed E-state index contributed by atoms with van der Waals surface area (Å²) in [5.74, 6) is -1.12. The Morgan fingerprint density at radius 1 is 1.27 bits per heavy atom. The molecule has 0 aliphatic carbocycles. The molecule has 1 amide bonds. The van der Waals surface area contributed by atoms with Crippen LogP contribution in [0.1, 0.15) is 5.76 Å². The zero-order chi connectivity index (χ0) is 16.2. The highest BCUT2D eigenvalue weighted by molar-refractivity contribution is 7.89. The fourth-order valence-corrected chi connectivity index (χ4v) is 2.90. The van der Waals surface area contributed by atoms with Crippen molar-refractivity contribution in [2.75, 3.05) is 6.54 Å². The first kappa shape index (κ1) is 16.5. The minimum Gasteiger partial charge on any atom is -0.467 e. The molecule has 118 valence electrons. The average molecular weight is 347 g/mol. The highest BCUT2D eigenvalue weighted by Gasteiger charge is 2.21. The molecule has 0 radical (unpaired) electrons. The van der Waals surface area contributed by atoms with Gasteiger partial charge in [-0.15, -0.1) is 0 Å². The van der Waals surface area contributed by atoms with Gasteiger partial charge in [0.25, 0.3) is 0 Å². The van der Waals surface area contributed by atoms with Crippen molar-refractivity contribution >= 4 is 27.5 Å². The first-order chi connectivity index (χ1) is 10.4. The maximum Gasteiger partial charge on any atom is 0.244 e. The van der Waals surface area contributed by atoms with Crippen LogP contribution in [-0.4, -0.2) is 20.9 Å². The molecule has 2 rings (SSSR count). The Bertz CT molecular complexity index is 762. The number of amides is 1. The van der Waals surface area contributed by atoms with E-state index in [1.165, 1.54) is 18.4 Å². The predicted octanol–water partition coefficient (Wildman–Crippen LogP) is 1.67. The summed E-state index contributed by atoms with van der Waals surface area (Å²) in [6.07, 6.45) is 1.45. The number of hydrogen-bond donors (Lipinski definition) is 2. The van der Waals surface area contributed by atoms with Crippen molar-refractivity contribution in [2.24, 2.45) is 0 Å². The lowest BCUT2D eigenvalue weighted by atomic mass is 10.3. The Morgan fingerprint density at radius 2 is 2.05 bits per heavy atom. The standard InChI is InChI=1S/C13H12ClFN2O4S/c14-10-4-1-5-11(13(10)15)22(19,20)17-8-12(18)16-7-9-3-2-6-21-9/h1-6,17H,7-8H2,(H,16,18). The summed E-state index contributed by atoms with van der Waals surface area (Å²) in [6.45, 7) is -0.409. The minimum absolute atomic E-state index is 0.124. The Morgan fingerprint density at radius 3 is 2.73 bits per heavy atom. The summed E-state index contributed by atoms with van der Waals surface area (Å²) in [5, 5.41) is 2.14. The third-order valence-corrected chi connectivity index (χ3v) is 4.38. The second-order valence-corrected chi connectivity index (χ2v) is 6.38. The van der Waals surface area contributed by atoms with E-state index in [-0.39, 0.29) is 11.6 Å². The fourth-order valence-electron chi connectivity index (χ4n) is 1.59. The van der Waals surface area contributed by atoms with Gasteiger partial charge >= 0.3 is 0 Å². The van der Waals surface area contributed by atoms with Gasteiger partial charge in [-0.2, -0.15) is 0 Å². The number of rotatable bonds is 6. The topological polar surface area (TPSA) is 88.4 Å². The molecule has 0 spiro atoms. The van der Waals surface area contributed by atoms with Crippen LogP contribution in [0.3, 0.4) is 0 Å². The summed E-state index contributed by atoms with van der Waals surface area (Å²) < 4.78 is 44.6. The molecule has 2 aromatic rings. The molecule has 0 saturated carbocycles. The second-order valence-electron chi connectivity index (χ2n) is 4.23. The van der Waals surface area contributed by atoms with Crippen LogP contribution in [0.25, 0.3) is 0 Å². The van der Waals surface area contributed by atoms with E-state index >= 15 is 0 Å². The molecule has 1 heterocycles. The number of carbonyl (C=O) groups excluding carboxylic acids is 1. The molecule has 1 aromatic carbocycles. The van der Waals surface area contributed by atoms with Crippen LogP contribution in [0.4, 0.5) is 4.39 Å². The monoisotopic (exact) mass is 346 g/mol. The SMILES string of the molecule is O=C(CNS(=O)(=O)c1cccc(Cl)c1F)NCc1ccco1. The van der Waals surface area contributed by atoms with E-state index < -0.39 is 33.2 Å². The largest absolute Gasteiger partial charge is 0.467 e. The molecule has 0 unspecified atom stereocenters. The van der Waals surface area contributed by atoms with Crippen molar-refractivity contribution < 1.29 is 22.0 Å². The van der Waals surface area contributed by atoms with E-state index in [4.69, 9.17) is 16.0 Å². The van der Waals surface area contributed by atoms with Crippen molar-refractivity contribution in [3.8, 4) is 0 Å². The lowest BCUT2D eigenvalue weighted by Gasteiger charge is -2.08. The maximum atomic E-state index is 13.7. The molecule has 2 N–H and O–H groups in total. The molecule has 22 heavy (non-hydrogen) atoms. The lowest BCUT2D eigenvalue weighted by Crippen LogP contribution is -2.36. The number of benzene rings is 1. The van der Waals surface area contributed by atoms with Gasteiger partial charge in [-0.05, 0) is 24.3 Å². The van der Waals surface area contributed by atoms with Crippen LogP contribution in [0.2, 0.25) is 5.02 Å². The van der Waals surface area contributed by atoms with E-state index in [0.717, 1.165) is 6.07 Å². The van der Waals surface area contributed by atoms with Crippen LogP contribution < -0.4 is 10.0 Å². The van der Waals surface area contributed by atoms with E-state index in [1.54, 1.807) is 12.1 Å². The smallest absolute Gasteiger partial charge is 0.244 e. The van der Waals surface area contributed by atoms with Crippen LogP contribution in [0, 0.1) is 5.82 Å². The number of hydrogen-bond acceptors (Lipinski definition) is 4. The number of furan rings is 1. The number of sulfonamides is 1. The van der Waals surface area contributed by atoms with Gasteiger partial charge in [0.1, 0.15) is 10.7 Å². The Kier molecular flexibility index (Phi) is 5.17. The minimum atomic E-state index is -4.17. The molecule has 9 heteroatoms. The van der Waals surface area contributed by atoms with Gasteiger partial charge in [0, 0.05) is 0 Å². The van der Waals surface area contributed by atoms with Crippen LogP contribution >= 0.6 is 11.6 Å². The van der Waals surface area contributed by atoms with E-state index in [0.29, 0.717) is 5.76 Å². The molecule has 0 atom stereocenters. The Balaban J connectivity index is 1.95. The van der Waals surface area contributed by atoms with Gasteiger partial charge in [0.2, 0.25) is 15.9 Å². The van der Waals surface area contributed by atoms with Crippen molar-refractivity contribution in [2.45, 2.75) is 11.4 Å². The molecule has 1 aromatic heterocycles. The first-order valence-electron chi connectivity index (χ1n) is 6.13. The summed E-state index contributed by atoms with van der Waals surface area (Å²) in [6, 6.07) is 6.91. The molecule has 0 saturated heterocycles. The third kappa shape index (κ3) is 4.06. The Labute approximate surface area is 131 Å². The van der Waals surface area contributed by atoms with Crippen molar-refractivity contribution in [1.82, 2.24) is 10.0 Å². The molecule has 0 aliphatic heterocycles. The summed E-state index contributed by atoms with van der Waals surface area (Å²) in [5.41, 5.74) is 0. The zero-order valence-electron chi connectivity index (χ0n) is 11.2. The van der Waals surface area contributed by atoms with Crippen LogP contribution in [0.15, 0.2) is 45.9 Å². The molecule has 0 aliphatic rings. The molecular weight excluding hydrogens is 335 g/mol. The predicted molar refractivity (Wildman–Crippen MR) is 77.2 cm³/mol. The number of nitrogens with one attached hydrogen (secondary N) is 2. The zero-order valence-corrected chi connectivity index (χ0v) is 12.7. The van der Waals surface area contributed by atoms with E-state index in [2.05, 4.69) is 5.32 Å². The molecule has 6 nitrogen and oxygen atoms in total. The molecular formula is C13H12ClFN2O4S. The molecule has 0 bridgehead atoms. The van der Waals surface area contributed by atoms with E-state index in [1.807, 2.05) is 4.72 Å². The fraction of sp³-hybridized carbons (Fsp3) is 0.154. The summed E-state index contributed by atoms with van der Waals surface area (Å²) >= 11 is 5.53. The van der Waals surface area contributed by atoms with Gasteiger partial charge in [-0.1, -0.05) is 17.7 Å². The summed E-state index contributed by atoms with van der Waals surface area (Å²) in [4.78, 5) is 11.0. The van der Waals surface area contributed by atoms with Gasteiger partial charge in [0.15, 0.2) is 5.82 Å². The highest BCUT2D eigenvalue weighted by atomic mass is 35.5. The summed E-state index contributed by atoms with van der Waals surface area (Å²) in [7, 11) is -4.17. The Hall–Kier alpha value is -1.90. The lowest BCUT2D eigenvalue weighted by molar-refractivity contribution is -0.120.